The number of rotatable bonds is 1. The van der Waals surface area contributed by atoms with Gasteiger partial charge in [-0.1, -0.05) is 66.7 Å². The standard InChI is InChI=1S/C19H16O2/c20-18-12-17(13-6-2-1-3-7-13)16-11-10-14-8-4-5-9-15(14)19(16)21-18/h1-11,17-18,20H,12H2. The molecule has 2 atom stereocenters. The quantitative estimate of drug-likeness (QED) is 0.726. The number of aliphatic hydroxyl groups is 1. The molecule has 4 rings (SSSR count). The van der Waals surface area contributed by atoms with Gasteiger partial charge in [0.05, 0.1) is 0 Å². The first-order valence-electron chi connectivity index (χ1n) is 7.24. The first-order chi connectivity index (χ1) is 10.3. The fourth-order valence-corrected chi connectivity index (χ4v) is 3.18. The van der Waals surface area contributed by atoms with E-state index in [0.717, 1.165) is 22.1 Å². The molecular formula is C19H16O2. The molecule has 1 N–H and O–H groups in total. The van der Waals surface area contributed by atoms with Crippen molar-refractivity contribution in [3.05, 3.63) is 77.9 Å². The highest BCUT2D eigenvalue weighted by Gasteiger charge is 2.29. The second kappa shape index (κ2) is 4.90. The molecule has 0 saturated heterocycles. The Morgan fingerprint density at radius 3 is 2.48 bits per heavy atom. The van der Waals surface area contributed by atoms with Crippen molar-refractivity contribution in [3.63, 3.8) is 0 Å². The van der Waals surface area contributed by atoms with E-state index in [0.29, 0.717) is 6.42 Å². The fourth-order valence-electron chi connectivity index (χ4n) is 3.18. The molecule has 21 heavy (non-hydrogen) atoms. The zero-order valence-corrected chi connectivity index (χ0v) is 11.6. The van der Waals surface area contributed by atoms with E-state index in [9.17, 15) is 5.11 Å². The Hall–Kier alpha value is -2.32. The third-order valence-electron chi connectivity index (χ3n) is 4.18. The predicted molar refractivity (Wildman–Crippen MR) is 83.5 cm³/mol. The van der Waals surface area contributed by atoms with Gasteiger partial charge in [0.1, 0.15) is 5.75 Å². The summed E-state index contributed by atoms with van der Waals surface area (Å²) in [5.41, 5.74) is 2.38. The zero-order chi connectivity index (χ0) is 14.2. The summed E-state index contributed by atoms with van der Waals surface area (Å²) in [6, 6.07) is 22.7. The van der Waals surface area contributed by atoms with Crippen molar-refractivity contribution in [2.45, 2.75) is 18.6 Å². The lowest BCUT2D eigenvalue weighted by atomic mass is 9.85. The average Bonchev–Trinajstić information content (AvgIpc) is 2.55. The summed E-state index contributed by atoms with van der Waals surface area (Å²) in [4.78, 5) is 0. The van der Waals surface area contributed by atoms with E-state index in [1.807, 2.05) is 36.4 Å². The summed E-state index contributed by atoms with van der Waals surface area (Å²) in [6.07, 6.45) is -0.163. The summed E-state index contributed by atoms with van der Waals surface area (Å²) in [5.74, 6) is 0.996. The van der Waals surface area contributed by atoms with Crippen LogP contribution in [0.5, 0.6) is 5.75 Å². The van der Waals surface area contributed by atoms with E-state index in [-0.39, 0.29) is 5.92 Å². The van der Waals surface area contributed by atoms with Gasteiger partial charge >= 0.3 is 0 Å². The summed E-state index contributed by atoms with van der Waals surface area (Å²) >= 11 is 0. The molecular weight excluding hydrogens is 260 g/mol. The molecule has 0 bridgehead atoms. The molecule has 0 aromatic heterocycles. The van der Waals surface area contributed by atoms with Gasteiger partial charge in [-0.25, -0.2) is 0 Å². The number of hydrogen-bond donors (Lipinski definition) is 1. The molecule has 3 aromatic rings. The Morgan fingerprint density at radius 2 is 1.62 bits per heavy atom. The summed E-state index contributed by atoms with van der Waals surface area (Å²) in [7, 11) is 0. The molecule has 0 amide bonds. The Kier molecular flexibility index (Phi) is 2.90. The maximum Gasteiger partial charge on any atom is 0.198 e. The van der Waals surface area contributed by atoms with E-state index >= 15 is 0 Å². The molecule has 2 unspecified atom stereocenters. The van der Waals surface area contributed by atoms with E-state index in [2.05, 4.69) is 30.3 Å². The van der Waals surface area contributed by atoms with Crippen LogP contribution in [0.4, 0.5) is 0 Å². The van der Waals surface area contributed by atoms with Gasteiger partial charge < -0.3 is 9.84 Å². The van der Waals surface area contributed by atoms with Crippen molar-refractivity contribution >= 4 is 10.8 Å². The summed E-state index contributed by atoms with van der Waals surface area (Å²) < 4.78 is 5.75. The SMILES string of the molecule is OC1CC(c2ccccc2)c2ccc3ccccc3c2O1. The normalized spacial score (nSPS) is 20.8. The van der Waals surface area contributed by atoms with Crippen molar-refractivity contribution in [2.75, 3.05) is 0 Å². The molecule has 1 heterocycles. The van der Waals surface area contributed by atoms with Crippen LogP contribution >= 0.6 is 0 Å². The van der Waals surface area contributed by atoms with Crippen LogP contribution < -0.4 is 4.74 Å². The maximum absolute atomic E-state index is 10.1. The highest BCUT2D eigenvalue weighted by atomic mass is 16.6. The van der Waals surface area contributed by atoms with E-state index in [1.165, 1.54) is 5.56 Å². The number of fused-ring (bicyclic) bond motifs is 3. The molecule has 2 heteroatoms. The smallest absolute Gasteiger partial charge is 0.198 e. The van der Waals surface area contributed by atoms with Crippen molar-refractivity contribution < 1.29 is 9.84 Å². The number of benzene rings is 3. The van der Waals surface area contributed by atoms with Gasteiger partial charge in [0.2, 0.25) is 0 Å². The topological polar surface area (TPSA) is 29.5 Å². The molecule has 3 aromatic carbocycles. The fraction of sp³-hybridized carbons (Fsp3) is 0.158. The highest BCUT2D eigenvalue weighted by Crippen LogP contribution is 2.43. The Balaban J connectivity index is 1.93. The van der Waals surface area contributed by atoms with Crippen LogP contribution in [0.25, 0.3) is 10.8 Å². The second-order valence-electron chi connectivity index (χ2n) is 5.48. The van der Waals surface area contributed by atoms with Crippen LogP contribution in [0.1, 0.15) is 23.5 Å². The van der Waals surface area contributed by atoms with E-state index in [4.69, 9.17) is 4.74 Å². The van der Waals surface area contributed by atoms with Crippen LogP contribution in [-0.4, -0.2) is 11.4 Å². The summed E-state index contributed by atoms with van der Waals surface area (Å²) in [6.45, 7) is 0. The highest BCUT2D eigenvalue weighted by molar-refractivity contribution is 5.90. The van der Waals surface area contributed by atoms with Crippen molar-refractivity contribution in [3.8, 4) is 5.75 Å². The van der Waals surface area contributed by atoms with Gasteiger partial charge in [-0.15, -0.1) is 0 Å². The third kappa shape index (κ3) is 2.08. The molecule has 104 valence electrons. The minimum Gasteiger partial charge on any atom is -0.464 e. The lowest BCUT2D eigenvalue weighted by molar-refractivity contribution is -0.0347. The zero-order valence-electron chi connectivity index (χ0n) is 11.6. The largest absolute Gasteiger partial charge is 0.464 e. The van der Waals surface area contributed by atoms with Crippen LogP contribution in [0.15, 0.2) is 66.7 Å². The van der Waals surface area contributed by atoms with Gasteiger partial charge in [0, 0.05) is 23.3 Å². The first-order valence-corrected chi connectivity index (χ1v) is 7.24. The molecule has 1 aliphatic rings. The van der Waals surface area contributed by atoms with Gasteiger partial charge in [-0.3, -0.25) is 0 Å². The maximum atomic E-state index is 10.1. The Labute approximate surface area is 123 Å². The minimum atomic E-state index is -0.756. The molecule has 0 spiro atoms. The molecule has 0 aliphatic carbocycles. The number of ether oxygens (including phenoxy) is 1. The Morgan fingerprint density at radius 1 is 0.857 bits per heavy atom. The molecule has 2 nitrogen and oxygen atoms in total. The van der Waals surface area contributed by atoms with Crippen LogP contribution in [-0.2, 0) is 0 Å². The lowest BCUT2D eigenvalue weighted by Crippen LogP contribution is -2.25. The average molecular weight is 276 g/mol. The first kappa shape index (κ1) is 12.4. The van der Waals surface area contributed by atoms with E-state index < -0.39 is 6.29 Å². The minimum absolute atomic E-state index is 0.176. The lowest BCUT2D eigenvalue weighted by Gasteiger charge is -2.30. The monoisotopic (exact) mass is 276 g/mol. The number of hydrogen-bond acceptors (Lipinski definition) is 2. The molecule has 0 saturated carbocycles. The van der Waals surface area contributed by atoms with Crippen LogP contribution in [0.3, 0.4) is 0 Å². The van der Waals surface area contributed by atoms with Crippen molar-refractivity contribution in [2.24, 2.45) is 0 Å². The molecule has 1 aliphatic heterocycles. The van der Waals surface area contributed by atoms with Crippen molar-refractivity contribution in [1.82, 2.24) is 0 Å². The van der Waals surface area contributed by atoms with Crippen molar-refractivity contribution in [1.29, 1.82) is 0 Å². The molecule has 0 fully saturated rings. The predicted octanol–water partition coefficient (Wildman–Crippen LogP) is 4.07. The second-order valence-corrected chi connectivity index (χ2v) is 5.48. The van der Waals surface area contributed by atoms with Gasteiger partial charge in [0.25, 0.3) is 0 Å². The number of aliphatic hydroxyl groups excluding tert-OH is 1. The molecule has 0 radical (unpaired) electrons. The van der Waals surface area contributed by atoms with Crippen LogP contribution in [0, 0.1) is 0 Å². The van der Waals surface area contributed by atoms with Crippen LogP contribution in [0.2, 0.25) is 0 Å². The van der Waals surface area contributed by atoms with Gasteiger partial charge in [0.15, 0.2) is 6.29 Å². The third-order valence-corrected chi connectivity index (χ3v) is 4.18. The Bertz CT molecular complexity index is 780. The van der Waals surface area contributed by atoms with Gasteiger partial charge in [-0.2, -0.15) is 0 Å². The van der Waals surface area contributed by atoms with E-state index in [1.54, 1.807) is 0 Å². The summed E-state index contributed by atoms with van der Waals surface area (Å²) in [5, 5.41) is 12.3. The van der Waals surface area contributed by atoms with Gasteiger partial charge in [-0.05, 0) is 10.9 Å².